The normalized spacial score (nSPS) is 10.5. The summed E-state index contributed by atoms with van der Waals surface area (Å²) >= 11 is 5.98. The minimum Gasteiger partial charge on any atom is -0.354 e. The van der Waals surface area contributed by atoms with E-state index in [2.05, 4.69) is 45.9 Å². The summed E-state index contributed by atoms with van der Waals surface area (Å²) in [6.07, 6.45) is 4.34. The van der Waals surface area contributed by atoms with Crippen LogP contribution >= 0.6 is 11.6 Å². The van der Waals surface area contributed by atoms with Gasteiger partial charge in [-0.25, -0.2) is 0 Å². The van der Waals surface area contributed by atoms with Gasteiger partial charge in [-0.15, -0.1) is 0 Å². The number of unbranched alkanes of at least 4 members (excludes halogenated alkanes) is 1. The molecule has 0 aliphatic rings. The highest BCUT2D eigenvalue weighted by molar-refractivity contribution is 6.28. The Morgan fingerprint density at radius 1 is 1.00 bits per heavy atom. The van der Waals surface area contributed by atoms with E-state index in [0.29, 0.717) is 11.9 Å². The third-order valence-corrected chi connectivity index (χ3v) is 2.85. The van der Waals surface area contributed by atoms with Crippen LogP contribution in [0.25, 0.3) is 0 Å². The molecule has 6 heteroatoms. The van der Waals surface area contributed by atoms with Gasteiger partial charge >= 0.3 is 0 Å². The van der Waals surface area contributed by atoms with E-state index in [9.17, 15) is 0 Å². The largest absolute Gasteiger partial charge is 0.354 e. The molecule has 1 aromatic heterocycles. The fourth-order valence-corrected chi connectivity index (χ4v) is 1.94. The third-order valence-electron chi connectivity index (χ3n) is 2.68. The quantitative estimate of drug-likeness (QED) is 0.705. The van der Waals surface area contributed by atoms with Crippen molar-refractivity contribution in [3.05, 3.63) is 5.28 Å². The fourth-order valence-electron chi connectivity index (χ4n) is 1.79. The zero-order valence-corrected chi connectivity index (χ0v) is 12.9. The number of nitrogens with zero attached hydrogens (tertiary/aromatic N) is 4. The van der Waals surface area contributed by atoms with Gasteiger partial charge in [0.15, 0.2) is 0 Å². The molecule has 0 spiro atoms. The van der Waals surface area contributed by atoms with Crippen LogP contribution in [0.5, 0.6) is 0 Å². The lowest BCUT2D eigenvalue weighted by Gasteiger charge is -2.21. The van der Waals surface area contributed by atoms with Crippen LogP contribution in [0.2, 0.25) is 5.28 Å². The van der Waals surface area contributed by atoms with E-state index in [1.54, 1.807) is 0 Å². The molecule has 0 amide bonds. The predicted molar refractivity (Wildman–Crippen MR) is 81.0 cm³/mol. The summed E-state index contributed by atoms with van der Waals surface area (Å²) in [4.78, 5) is 14.9. The van der Waals surface area contributed by atoms with Gasteiger partial charge in [0.05, 0.1) is 0 Å². The maximum Gasteiger partial charge on any atom is 0.231 e. The average Bonchev–Trinajstić information content (AvgIpc) is 2.38. The Morgan fingerprint density at radius 3 is 2.26 bits per heavy atom. The summed E-state index contributed by atoms with van der Waals surface area (Å²) < 4.78 is 0. The summed E-state index contributed by atoms with van der Waals surface area (Å²) in [5.74, 6) is 1.24. The Morgan fingerprint density at radius 2 is 1.68 bits per heavy atom. The second-order valence-corrected chi connectivity index (χ2v) is 4.83. The number of anilines is 2. The molecular formula is C13H24ClN5. The number of halogens is 1. The summed E-state index contributed by atoms with van der Waals surface area (Å²) in [6, 6.07) is 0. The lowest BCUT2D eigenvalue weighted by Crippen LogP contribution is -2.27. The van der Waals surface area contributed by atoms with Crippen LogP contribution in [0.15, 0.2) is 0 Å². The molecular weight excluding hydrogens is 262 g/mol. The lowest BCUT2D eigenvalue weighted by atomic mass is 10.3. The first-order valence-corrected chi connectivity index (χ1v) is 7.49. The van der Waals surface area contributed by atoms with Gasteiger partial charge < -0.3 is 10.2 Å². The first kappa shape index (κ1) is 16.0. The first-order chi connectivity index (χ1) is 9.21. The van der Waals surface area contributed by atoms with Crippen molar-refractivity contribution < 1.29 is 0 Å². The number of nitrogens with one attached hydrogen (secondary N) is 1. The minimum atomic E-state index is 0.251. The number of rotatable bonds is 9. The number of hydrogen-bond acceptors (Lipinski definition) is 5. The topological polar surface area (TPSA) is 53.9 Å². The first-order valence-electron chi connectivity index (χ1n) is 7.11. The van der Waals surface area contributed by atoms with Gasteiger partial charge in [0.1, 0.15) is 0 Å². The van der Waals surface area contributed by atoms with Gasteiger partial charge in [-0.2, -0.15) is 15.0 Å². The predicted octanol–water partition coefficient (Wildman–Crippen LogP) is 3.36. The summed E-state index contributed by atoms with van der Waals surface area (Å²) in [7, 11) is 0. The third kappa shape index (κ3) is 5.59. The molecule has 0 atom stereocenters. The van der Waals surface area contributed by atoms with Gasteiger partial charge in [0, 0.05) is 19.6 Å². The Kier molecular flexibility index (Phi) is 7.48. The lowest BCUT2D eigenvalue weighted by molar-refractivity contribution is 0.717. The molecule has 1 N–H and O–H groups in total. The molecule has 0 radical (unpaired) electrons. The summed E-state index contributed by atoms with van der Waals surface area (Å²) in [6.45, 7) is 9.17. The van der Waals surface area contributed by atoms with E-state index >= 15 is 0 Å². The minimum absolute atomic E-state index is 0.251. The van der Waals surface area contributed by atoms with Crippen molar-refractivity contribution >= 4 is 23.5 Å². The molecule has 0 aliphatic carbocycles. The Hall–Kier alpha value is -1.10. The zero-order valence-electron chi connectivity index (χ0n) is 12.1. The molecule has 0 bridgehead atoms. The van der Waals surface area contributed by atoms with E-state index in [1.165, 1.54) is 0 Å². The van der Waals surface area contributed by atoms with E-state index in [0.717, 1.165) is 45.3 Å². The van der Waals surface area contributed by atoms with Gasteiger partial charge in [-0.1, -0.05) is 27.2 Å². The SMILES string of the molecule is CCCCNc1nc(Cl)nc(N(CCC)CCC)n1. The molecule has 0 saturated carbocycles. The molecule has 1 heterocycles. The molecule has 0 unspecified atom stereocenters. The van der Waals surface area contributed by atoms with E-state index in [4.69, 9.17) is 11.6 Å². The van der Waals surface area contributed by atoms with E-state index in [-0.39, 0.29) is 5.28 Å². The molecule has 0 aliphatic heterocycles. The second kappa shape index (κ2) is 8.91. The van der Waals surface area contributed by atoms with Crippen LogP contribution in [0.1, 0.15) is 46.5 Å². The van der Waals surface area contributed by atoms with Crippen molar-refractivity contribution in [2.24, 2.45) is 0 Å². The molecule has 0 fully saturated rings. The fraction of sp³-hybridized carbons (Fsp3) is 0.769. The average molecular weight is 286 g/mol. The van der Waals surface area contributed by atoms with Crippen molar-refractivity contribution in [1.82, 2.24) is 15.0 Å². The molecule has 1 aromatic rings. The van der Waals surface area contributed by atoms with Crippen LogP contribution in [0.4, 0.5) is 11.9 Å². The van der Waals surface area contributed by atoms with Crippen LogP contribution in [-0.2, 0) is 0 Å². The van der Waals surface area contributed by atoms with Crippen molar-refractivity contribution in [3.8, 4) is 0 Å². The summed E-state index contributed by atoms with van der Waals surface area (Å²) in [5, 5.41) is 3.44. The van der Waals surface area contributed by atoms with Crippen molar-refractivity contribution in [1.29, 1.82) is 0 Å². The smallest absolute Gasteiger partial charge is 0.231 e. The van der Waals surface area contributed by atoms with E-state index in [1.807, 2.05) is 0 Å². The Labute approximate surface area is 120 Å². The summed E-state index contributed by atoms with van der Waals surface area (Å²) in [5.41, 5.74) is 0. The van der Waals surface area contributed by atoms with Crippen LogP contribution in [0, 0.1) is 0 Å². The van der Waals surface area contributed by atoms with Crippen molar-refractivity contribution in [3.63, 3.8) is 0 Å². The van der Waals surface area contributed by atoms with Crippen LogP contribution in [-0.4, -0.2) is 34.6 Å². The molecule has 0 aromatic carbocycles. The monoisotopic (exact) mass is 285 g/mol. The van der Waals surface area contributed by atoms with Crippen molar-refractivity contribution in [2.75, 3.05) is 29.9 Å². The molecule has 5 nitrogen and oxygen atoms in total. The highest BCUT2D eigenvalue weighted by atomic mass is 35.5. The van der Waals surface area contributed by atoms with E-state index < -0.39 is 0 Å². The highest BCUT2D eigenvalue weighted by Crippen LogP contribution is 2.14. The number of hydrogen-bond donors (Lipinski definition) is 1. The Bertz CT molecular complexity index is 366. The van der Waals surface area contributed by atoms with Gasteiger partial charge in [0.25, 0.3) is 0 Å². The maximum atomic E-state index is 5.98. The molecule has 19 heavy (non-hydrogen) atoms. The van der Waals surface area contributed by atoms with Crippen molar-refractivity contribution in [2.45, 2.75) is 46.5 Å². The van der Waals surface area contributed by atoms with Gasteiger partial charge in [0.2, 0.25) is 17.2 Å². The molecule has 1 rings (SSSR count). The number of aromatic nitrogens is 3. The molecule has 0 saturated heterocycles. The van der Waals surface area contributed by atoms with Crippen LogP contribution < -0.4 is 10.2 Å². The molecule has 108 valence electrons. The standard InChI is InChI=1S/C13H24ClN5/c1-4-7-8-15-12-16-11(14)17-13(18-12)19(9-5-2)10-6-3/h4-10H2,1-3H3,(H,15,16,17,18). The van der Waals surface area contributed by atoms with Crippen LogP contribution in [0.3, 0.4) is 0 Å². The van der Waals surface area contributed by atoms with Gasteiger partial charge in [-0.3, -0.25) is 0 Å². The van der Waals surface area contributed by atoms with Gasteiger partial charge in [-0.05, 0) is 30.9 Å². The Balaban J connectivity index is 2.80. The highest BCUT2D eigenvalue weighted by Gasteiger charge is 2.11. The zero-order chi connectivity index (χ0) is 14.1. The maximum absolute atomic E-state index is 5.98. The second-order valence-electron chi connectivity index (χ2n) is 4.50.